The summed E-state index contributed by atoms with van der Waals surface area (Å²) in [4.78, 5) is 22.5. The van der Waals surface area contributed by atoms with Crippen molar-refractivity contribution in [2.75, 3.05) is 6.54 Å². The zero-order valence-corrected chi connectivity index (χ0v) is 12.8. The van der Waals surface area contributed by atoms with E-state index in [0.29, 0.717) is 6.54 Å². The number of ketones is 1. The molecular weight excluding hydrogens is 274 g/mol. The second-order valence-electron chi connectivity index (χ2n) is 5.39. The second-order valence-corrected chi connectivity index (χ2v) is 5.39. The van der Waals surface area contributed by atoms with Crippen molar-refractivity contribution in [1.29, 1.82) is 0 Å². The molecule has 22 heavy (non-hydrogen) atoms. The molecule has 0 unspecified atom stereocenters. The topological polar surface area (TPSA) is 46.2 Å². The number of hydrogen-bond acceptors (Lipinski definition) is 2. The lowest BCUT2D eigenvalue weighted by Crippen LogP contribution is -2.27. The predicted octanol–water partition coefficient (Wildman–Crippen LogP) is 3.30. The third-order valence-corrected chi connectivity index (χ3v) is 3.57. The molecule has 0 aliphatic rings. The zero-order chi connectivity index (χ0) is 15.8. The van der Waals surface area contributed by atoms with Crippen molar-refractivity contribution in [3.05, 3.63) is 71.8 Å². The van der Waals surface area contributed by atoms with Gasteiger partial charge >= 0.3 is 0 Å². The Morgan fingerprint density at radius 1 is 0.909 bits per heavy atom. The van der Waals surface area contributed by atoms with Crippen LogP contribution < -0.4 is 5.32 Å². The average Bonchev–Trinajstić information content (AvgIpc) is 2.52. The first-order chi connectivity index (χ1) is 10.7. The summed E-state index contributed by atoms with van der Waals surface area (Å²) in [6, 6.07) is 20.5. The molecule has 0 saturated heterocycles. The van der Waals surface area contributed by atoms with E-state index >= 15 is 0 Å². The van der Waals surface area contributed by atoms with Crippen LogP contribution in [-0.2, 0) is 9.59 Å². The van der Waals surface area contributed by atoms with Gasteiger partial charge in [-0.3, -0.25) is 9.59 Å². The van der Waals surface area contributed by atoms with Gasteiger partial charge in [0.05, 0.1) is 6.42 Å². The molecule has 0 radical (unpaired) electrons. The van der Waals surface area contributed by atoms with Crippen LogP contribution in [0.4, 0.5) is 0 Å². The van der Waals surface area contributed by atoms with Crippen LogP contribution in [0.3, 0.4) is 0 Å². The van der Waals surface area contributed by atoms with Crippen molar-refractivity contribution < 1.29 is 9.59 Å². The lowest BCUT2D eigenvalue weighted by Gasteiger charge is -2.18. The lowest BCUT2D eigenvalue weighted by atomic mass is 9.88. The molecule has 1 N–H and O–H groups in total. The van der Waals surface area contributed by atoms with E-state index in [-0.39, 0.29) is 24.0 Å². The van der Waals surface area contributed by atoms with Crippen molar-refractivity contribution in [1.82, 2.24) is 5.32 Å². The van der Waals surface area contributed by atoms with Crippen LogP contribution >= 0.6 is 0 Å². The van der Waals surface area contributed by atoms with Crippen molar-refractivity contribution in [2.24, 2.45) is 0 Å². The maximum atomic E-state index is 11.6. The summed E-state index contributed by atoms with van der Waals surface area (Å²) in [5, 5.41) is 2.82. The van der Waals surface area contributed by atoms with Gasteiger partial charge in [0.2, 0.25) is 5.91 Å². The first-order valence-electron chi connectivity index (χ1n) is 7.53. The number of benzene rings is 2. The smallest absolute Gasteiger partial charge is 0.227 e. The molecule has 3 heteroatoms. The minimum atomic E-state index is -0.202. The number of amides is 1. The van der Waals surface area contributed by atoms with Gasteiger partial charge in [0.25, 0.3) is 0 Å². The molecule has 2 aromatic rings. The molecule has 0 saturated carbocycles. The third-order valence-electron chi connectivity index (χ3n) is 3.57. The number of nitrogens with one attached hydrogen (secondary N) is 1. The maximum absolute atomic E-state index is 11.6. The number of carbonyl (C=O) groups is 2. The highest BCUT2D eigenvalue weighted by atomic mass is 16.2. The summed E-state index contributed by atoms with van der Waals surface area (Å²) < 4.78 is 0. The highest BCUT2D eigenvalue weighted by molar-refractivity contribution is 5.96. The lowest BCUT2D eigenvalue weighted by molar-refractivity contribution is -0.127. The van der Waals surface area contributed by atoms with E-state index in [4.69, 9.17) is 0 Å². The van der Waals surface area contributed by atoms with E-state index < -0.39 is 0 Å². The molecule has 2 aromatic carbocycles. The van der Waals surface area contributed by atoms with Gasteiger partial charge in [0.15, 0.2) is 0 Å². The fourth-order valence-corrected chi connectivity index (χ4v) is 2.54. The van der Waals surface area contributed by atoms with Gasteiger partial charge in [-0.15, -0.1) is 0 Å². The summed E-state index contributed by atoms with van der Waals surface area (Å²) >= 11 is 0. The summed E-state index contributed by atoms with van der Waals surface area (Å²) in [6.45, 7) is 1.98. The minimum Gasteiger partial charge on any atom is -0.356 e. The summed E-state index contributed by atoms with van der Waals surface area (Å²) in [5.41, 5.74) is 2.46. The van der Waals surface area contributed by atoms with Crippen LogP contribution in [0.2, 0.25) is 0 Å². The Hall–Kier alpha value is -2.42. The van der Waals surface area contributed by atoms with Crippen LogP contribution in [-0.4, -0.2) is 18.2 Å². The molecule has 0 atom stereocenters. The van der Waals surface area contributed by atoms with Crippen LogP contribution in [0, 0.1) is 0 Å². The van der Waals surface area contributed by atoms with E-state index in [2.05, 4.69) is 29.6 Å². The Morgan fingerprint density at radius 3 is 1.86 bits per heavy atom. The van der Waals surface area contributed by atoms with Crippen molar-refractivity contribution in [3.63, 3.8) is 0 Å². The van der Waals surface area contributed by atoms with Gasteiger partial charge in [-0.2, -0.15) is 0 Å². The fourth-order valence-electron chi connectivity index (χ4n) is 2.54. The molecule has 2 rings (SSSR count). The van der Waals surface area contributed by atoms with Crippen molar-refractivity contribution in [2.45, 2.75) is 25.7 Å². The van der Waals surface area contributed by atoms with E-state index in [1.807, 2.05) is 36.4 Å². The van der Waals surface area contributed by atoms with Crippen LogP contribution in [0.25, 0.3) is 0 Å². The van der Waals surface area contributed by atoms with E-state index in [9.17, 15) is 9.59 Å². The van der Waals surface area contributed by atoms with E-state index in [0.717, 1.165) is 6.42 Å². The van der Waals surface area contributed by atoms with Gasteiger partial charge in [0.1, 0.15) is 5.78 Å². The van der Waals surface area contributed by atoms with Crippen molar-refractivity contribution >= 4 is 11.7 Å². The normalized spacial score (nSPS) is 10.5. The molecule has 0 aliphatic carbocycles. The molecule has 0 fully saturated rings. The highest BCUT2D eigenvalue weighted by Crippen LogP contribution is 2.27. The van der Waals surface area contributed by atoms with Gasteiger partial charge in [-0.25, -0.2) is 0 Å². The quantitative estimate of drug-likeness (QED) is 0.797. The highest BCUT2D eigenvalue weighted by Gasteiger charge is 2.14. The Kier molecular flexibility index (Phi) is 5.90. The Bertz CT molecular complexity index is 568. The Balaban J connectivity index is 2.03. The molecule has 3 nitrogen and oxygen atoms in total. The first kappa shape index (κ1) is 16.0. The second kappa shape index (κ2) is 8.13. The third kappa shape index (κ3) is 4.85. The summed E-state index contributed by atoms with van der Waals surface area (Å²) in [6.07, 6.45) is 0.763. The Labute approximate surface area is 131 Å². The maximum Gasteiger partial charge on any atom is 0.227 e. The van der Waals surface area contributed by atoms with Crippen molar-refractivity contribution in [3.8, 4) is 0 Å². The number of Topliss-reactive ketones (excluding diaryl/α,β-unsaturated/α-hetero) is 1. The molecule has 0 spiro atoms. The van der Waals surface area contributed by atoms with Gasteiger partial charge < -0.3 is 5.32 Å². The molecule has 0 aliphatic heterocycles. The summed E-state index contributed by atoms with van der Waals surface area (Å²) in [5.74, 6) is -0.0763. The molecule has 0 aromatic heterocycles. The average molecular weight is 295 g/mol. The van der Waals surface area contributed by atoms with E-state index in [1.165, 1.54) is 18.1 Å². The van der Waals surface area contributed by atoms with Gasteiger partial charge in [-0.05, 0) is 24.5 Å². The first-order valence-corrected chi connectivity index (χ1v) is 7.53. The predicted molar refractivity (Wildman–Crippen MR) is 87.7 cm³/mol. The fraction of sp³-hybridized carbons (Fsp3) is 0.263. The minimum absolute atomic E-state index is 0.0403. The number of hydrogen-bond donors (Lipinski definition) is 1. The van der Waals surface area contributed by atoms with Crippen LogP contribution in [0.1, 0.15) is 36.8 Å². The molecule has 114 valence electrons. The van der Waals surface area contributed by atoms with E-state index in [1.54, 1.807) is 0 Å². The SMILES string of the molecule is CC(=O)CC(=O)NCCC(c1ccccc1)c1ccccc1. The van der Waals surface area contributed by atoms with Crippen LogP contribution in [0.15, 0.2) is 60.7 Å². The number of rotatable bonds is 7. The molecule has 1 amide bonds. The monoisotopic (exact) mass is 295 g/mol. The summed E-state index contributed by atoms with van der Waals surface area (Å²) in [7, 11) is 0. The molecule has 0 heterocycles. The molecular formula is C19H21NO2. The Morgan fingerprint density at radius 2 is 1.41 bits per heavy atom. The standard InChI is InChI=1S/C19H21NO2/c1-15(21)14-19(22)20-13-12-18(16-8-4-2-5-9-16)17-10-6-3-7-11-17/h2-11,18H,12-14H2,1H3,(H,20,22). The number of carbonyl (C=O) groups excluding carboxylic acids is 2. The molecule has 0 bridgehead atoms. The van der Waals surface area contributed by atoms with Gasteiger partial charge in [-0.1, -0.05) is 60.7 Å². The van der Waals surface area contributed by atoms with Gasteiger partial charge in [0, 0.05) is 12.5 Å². The zero-order valence-electron chi connectivity index (χ0n) is 12.8. The van der Waals surface area contributed by atoms with Crippen LogP contribution in [0.5, 0.6) is 0 Å². The largest absolute Gasteiger partial charge is 0.356 e.